The number of benzene rings is 2. The number of aliphatic hydroxyl groups is 1. The van der Waals surface area contributed by atoms with Crippen molar-refractivity contribution in [2.45, 2.75) is 18.8 Å². The fraction of sp³-hybridized carbons (Fsp3) is 0.258. The minimum absolute atomic E-state index is 0.0429. The van der Waals surface area contributed by atoms with E-state index in [2.05, 4.69) is 15.9 Å². The van der Waals surface area contributed by atoms with Crippen LogP contribution >= 0.6 is 15.9 Å². The van der Waals surface area contributed by atoms with Gasteiger partial charge in [-0.1, -0.05) is 29.8 Å². The van der Waals surface area contributed by atoms with Crippen LogP contribution in [-0.2, 0) is 19.2 Å². The number of rotatable bonds is 6. The van der Waals surface area contributed by atoms with Crippen LogP contribution in [0, 0.1) is 17.8 Å². The van der Waals surface area contributed by atoms with Crippen LogP contribution in [0.25, 0.3) is 0 Å². The summed E-state index contributed by atoms with van der Waals surface area (Å²) in [6.07, 6.45) is 3.60. The Kier molecular flexibility index (Phi) is 6.83. The monoisotopic (exact) mass is 617 g/mol. The standard InChI is InChI=1S/C31H24BrNO8/c32-23-14-24(35)27-22(28(23)36)13-21-19(25(27)15-4-6-18(7-5-15)41-11-10-34)8-9-20-26(21)30(38)33(29(20)37)17-3-1-2-16(12-17)31(39)40/h1-8,12,14,20-21,25-26,34H,9-11,13H2,(H,39,40). The van der Waals surface area contributed by atoms with Crippen LogP contribution in [0.5, 0.6) is 5.75 Å². The van der Waals surface area contributed by atoms with E-state index in [-0.39, 0.29) is 53.4 Å². The lowest BCUT2D eigenvalue weighted by molar-refractivity contribution is -0.123. The summed E-state index contributed by atoms with van der Waals surface area (Å²) in [4.78, 5) is 66.8. The number of halogens is 1. The summed E-state index contributed by atoms with van der Waals surface area (Å²) in [5, 5.41) is 18.5. The Labute approximate surface area is 242 Å². The first-order valence-corrected chi connectivity index (χ1v) is 13.9. The van der Waals surface area contributed by atoms with E-state index < -0.39 is 41.5 Å². The van der Waals surface area contributed by atoms with Crippen LogP contribution in [0.4, 0.5) is 5.69 Å². The van der Waals surface area contributed by atoms with Gasteiger partial charge in [-0.25, -0.2) is 4.79 Å². The fourth-order valence-corrected chi connectivity index (χ4v) is 6.99. The van der Waals surface area contributed by atoms with E-state index in [4.69, 9.17) is 9.84 Å². The lowest BCUT2D eigenvalue weighted by Gasteiger charge is -2.42. The molecule has 6 rings (SSSR count). The highest BCUT2D eigenvalue weighted by Crippen LogP contribution is 2.55. The third kappa shape index (κ3) is 4.38. The highest BCUT2D eigenvalue weighted by molar-refractivity contribution is 9.12. The molecule has 10 heteroatoms. The quantitative estimate of drug-likeness (QED) is 0.284. The average molecular weight is 618 g/mol. The van der Waals surface area contributed by atoms with Gasteiger partial charge in [-0.2, -0.15) is 0 Å². The van der Waals surface area contributed by atoms with Gasteiger partial charge < -0.3 is 14.9 Å². The Morgan fingerprint density at radius 2 is 1.78 bits per heavy atom. The van der Waals surface area contributed by atoms with Crippen LogP contribution < -0.4 is 9.64 Å². The lowest BCUT2D eigenvalue weighted by Crippen LogP contribution is -2.39. The van der Waals surface area contributed by atoms with Gasteiger partial charge in [0.05, 0.1) is 34.2 Å². The zero-order chi connectivity index (χ0) is 29.0. The summed E-state index contributed by atoms with van der Waals surface area (Å²) in [7, 11) is 0. The molecule has 0 radical (unpaired) electrons. The lowest BCUT2D eigenvalue weighted by atomic mass is 9.59. The van der Waals surface area contributed by atoms with Crippen molar-refractivity contribution in [3.8, 4) is 5.75 Å². The number of imide groups is 1. The molecule has 4 unspecified atom stereocenters. The van der Waals surface area contributed by atoms with Gasteiger partial charge in [-0.05, 0) is 70.6 Å². The summed E-state index contributed by atoms with van der Waals surface area (Å²) in [5.41, 5.74) is 2.38. The minimum atomic E-state index is -1.17. The number of Topliss-reactive ketones (excluding diaryl/α,β-unsaturated/α-hetero) is 1. The number of ketones is 2. The summed E-state index contributed by atoms with van der Waals surface area (Å²) in [6.45, 7) is -0.0118. The maximum atomic E-state index is 14.0. The van der Waals surface area contributed by atoms with Crippen LogP contribution in [0.3, 0.4) is 0 Å². The molecular formula is C31H24BrNO8. The van der Waals surface area contributed by atoms with Gasteiger partial charge in [0, 0.05) is 23.1 Å². The Bertz CT molecular complexity index is 1620. The predicted octanol–water partition coefficient (Wildman–Crippen LogP) is 3.72. The smallest absolute Gasteiger partial charge is 0.335 e. The van der Waals surface area contributed by atoms with Gasteiger partial charge >= 0.3 is 5.97 Å². The number of allylic oxidation sites excluding steroid dienone is 6. The Balaban J connectivity index is 1.43. The minimum Gasteiger partial charge on any atom is -0.491 e. The summed E-state index contributed by atoms with van der Waals surface area (Å²) >= 11 is 3.22. The molecule has 1 aliphatic heterocycles. The number of aliphatic hydroxyl groups excluding tert-OH is 1. The Morgan fingerprint density at radius 1 is 1.02 bits per heavy atom. The van der Waals surface area contributed by atoms with Crippen molar-refractivity contribution in [1.29, 1.82) is 0 Å². The molecule has 2 aromatic carbocycles. The number of ether oxygens (including phenoxy) is 1. The third-order valence-electron chi connectivity index (χ3n) is 8.26. The number of aromatic carboxylic acids is 1. The second kappa shape index (κ2) is 10.4. The molecule has 1 heterocycles. The molecule has 3 aliphatic carbocycles. The molecule has 9 nitrogen and oxygen atoms in total. The second-order valence-electron chi connectivity index (χ2n) is 10.4. The first-order valence-electron chi connectivity index (χ1n) is 13.1. The molecule has 2 N–H and O–H groups in total. The third-order valence-corrected chi connectivity index (χ3v) is 8.84. The van der Waals surface area contributed by atoms with E-state index in [1.165, 1.54) is 30.3 Å². The topological polar surface area (TPSA) is 138 Å². The van der Waals surface area contributed by atoms with E-state index in [0.29, 0.717) is 16.9 Å². The van der Waals surface area contributed by atoms with Gasteiger partial charge in [0.2, 0.25) is 11.8 Å². The van der Waals surface area contributed by atoms with Crippen molar-refractivity contribution < 1.29 is 38.9 Å². The fourth-order valence-electron chi connectivity index (χ4n) is 6.54. The number of carbonyl (C=O) groups is 5. The SMILES string of the molecule is O=C1C=C(Br)C(=O)C2=C1C(c1ccc(OCCO)cc1)C1=CCC3C(=O)N(c4cccc(C(=O)O)c4)C(=O)C3C1C2. The molecule has 208 valence electrons. The zero-order valence-corrected chi connectivity index (χ0v) is 23.2. The van der Waals surface area contributed by atoms with Gasteiger partial charge in [0.1, 0.15) is 12.4 Å². The summed E-state index contributed by atoms with van der Waals surface area (Å²) in [6, 6.07) is 12.8. The van der Waals surface area contributed by atoms with Crippen molar-refractivity contribution >= 4 is 51.0 Å². The molecule has 2 aromatic rings. The number of amides is 2. The molecule has 4 aliphatic rings. The molecule has 1 saturated heterocycles. The van der Waals surface area contributed by atoms with E-state index in [9.17, 15) is 29.1 Å². The molecule has 2 amide bonds. The molecular weight excluding hydrogens is 594 g/mol. The molecule has 0 bridgehead atoms. The van der Waals surface area contributed by atoms with Crippen molar-refractivity contribution in [2.75, 3.05) is 18.1 Å². The van der Waals surface area contributed by atoms with Gasteiger partial charge in [-0.15, -0.1) is 0 Å². The summed E-state index contributed by atoms with van der Waals surface area (Å²) < 4.78 is 5.63. The van der Waals surface area contributed by atoms with Gasteiger partial charge in [-0.3, -0.25) is 24.1 Å². The van der Waals surface area contributed by atoms with Crippen LogP contribution in [-0.4, -0.2) is 52.8 Å². The normalized spacial score (nSPS) is 25.4. The molecule has 4 atom stereocenters. The average Bonchev–Trinajstić information content (AvgIpc) is 3.23. The number of nitrogens with zero attached hydrogens (tertiary/aromatic N) is 1. The van der Waals surface area contributed by atoms with Crippen LogP contribution in [0.15, 0.2) is 81.9 Å². The molecule has 0 spiro atoms. The maximum absolute atomic E-state index is 14.0. The van der Waals surface area contributed by atoms with Crippen LogP contribution in [0.2, 0.25) is 0 Å². The highest BCUT2D eigenvalue weighted by Gasteiger charge is 2.56. The number of carbonyl (C=O) groups excluding carboxylic acids is 4. The van der Waals surface area contributed by atoms with Crippen molar-refractivity contribution in [3.05, 3.63) is 93.0 Å². The first-order chi connectivity index (χ1) is 19.7. The number of hydrogen-bond acceptors (Lipinski definition) is 7. The van der Waals surface area contributed by atoms with Gasteiger partial charge in [0.25, 0.3) is 0 Å². The zero-order valence-electron chi connectivity index (χ0n) is 21.6. The number of fused-ring (bicyclic) bond motifs is 3. The van der Waals surface area contributed by atoms with E-state index in [1.54, 1.807) is 24.3 Å². The maximum Gasteiger partial charge on any atom is 0.335 e. The van der Waals surface area contributed by atoms with Crippen molar-refractivity contribution in [3.63, 3.8) is 0 Å². The number of carboxylic acid groups (broad SMARTS) is 1. The predicted molar refractivity (Wildman–Crippen MR) is 149 cm³/mol. The molecule has 0 saturated carbocycles. The van der Waals surface area contributed by atoms with Crippen LogP contribution in [0.1, 0.15) is 34.7 Å². The number of anilines is 1. The highest BCUT2D eigenvalue weighted by atomic mass is 79.9. The molecule has 1 fully saturated rings. The van der Waals surface area contributed by atoms with E-state index >= 15 is 0 Å². The number of carboxylic acids is 1. The first kappa shape index (κ1) is 27.0. The molecule has 0 aromatic heterocycles. The van der Waals surface area contributed by atoms with Crippen molar-refractivity contribution in [1.82, 2.24) is 0 Å². The van der Waals surface area contributed by atoms with E-state index in [1.807, 2.05) is 6.08 Å². The van der Waals surface area contributed by atoms with E-state index in [0.717, 1.165) is 16.0 Å². The number of hydrogen-bond donors (Lipinski definition) is 2. The Morgan fingerprint density at radius 3 is 2.49 bits per heavy atom. The largest absolute Gasteiger partial charge is 0.491 e. The van der Waals surface area contributed by atoms with Gasteiger partial charge in [0.15, 0.2) is 11.6 Å². The molecule has 41 heavy (non-hydrogen) atoms. The second-order valence-corrected chi connectivity index (χ2v) is 11.3. The Hall–Kier alpha value is -4.15. The summed E-state index contributed by atoms with van der Waals surface area (Å²) in [5.74, 6) is -4.66. The van der Waals surface area contributed by atoms with Crippen molar-refractivity contribution in [2.24, 2.45) is 17.8 Å².